The van der Waals surface area contributed by atoms with E-state index in [2.05, 4.69) is 5.32 Å². The van der Waals surface area contributed by atoms with Gasteiger partial charge in [-0.15, -0.1) is 0 Å². The molecule has 0 atom stereocenters. The number of carboxylic acid groups (broad SMARTS) is 1. The maximum absolute atomic E-state index is 12.8. The van der Waals surface area contributed by atoms with Gasteiger partial charge in [-0.1, -0.05) is 11.6 Å². The van der Waals surface area contributed by atoms with Gasteiger partial charge in [-0.05, 0) is 50.8 Å². The predicted octanol–water partition coefficient (Wildman–Crippen LogP) is 3.01. The van der Waals surface area contributed by atoms with Crippen LogP contribution in [0.4, 0.5) is 0 Å². The zero-order valence-electron chi connectivity index (χ0n) is 13.6. The van der Waals surface area contributed by atoms with Crippen LogP contribution in [0.25, 0.3) is 10.9 Å². The van der Waals surface area contributed by atoms with E-state index in [0.29, 0.717) is 24.3 Å². The lowest BCUT2D eigenvalue weighted by Crippen LogP contribution is -2.46. The van der Waals surface area contributed by atoms with Crippen molar-refractivity contribution in [3.8, 4) is 0 Å². The Morgan fingerprint density at radius 1 is 1.21 bits per heavy atom. The smallest absolute Gasteiger partial charge is 0.306 e. The molecule has 0 spiro atoms. The first kappa shape index (κ1) is 15.1. The van der Waals surface area contributed by atoms with Crippen LogP contribution in [0.5, 0.6) is 0 Å². The van der Waals surface area contributed by atoms with Crippen LogP contribution in [0.3, 0.4) is 0 Å². The van der Waals surface area contributed by atoms with Crippen molar-refractivity contribution in [1.29, 1.82) is 0 Å². The Kier molecular flexibility index (Phi) is 3.52. The third-order valence-electron chi connectivity index (χ3n) is 5.05. The highest BCUT2D eigenvalue weighted by Gasteiger charge is 2.36. The summed E-state index contributed by atoms with van der Waals surface area (Å²) in [5.41, 5.74) is 3.59. The number of carbonyl (C=O) groups is 2. The molecule has 24 heavy (non-hydrogen) atoms. The molecule has 2 fully saturated rings. The summed E-state index contributed by atoms with van der Waals surface area (Å²) in [4.78, 5) is 28.4. The van der Waals surface area contributed by atoms with Gasteiger partial charge in [0.15, 0.2) is 0 Å². The Morgan fingerprint density at radius 2 is 1.96 bits per heavy atom. The summed E-state index contributed by atoms with van der Waals surface area (Å²) in [5, 5.41) is 12.8. The van der Waals surface area contributed by atoms with Crippen LogP contribution in [0.15, 0.2) is 24.3 Å². The van der Waals surface area contributed by atoms with E-state index in [0.717, 1.165) is 35.0 Å². The fourth-order valence-corrected chi connectivity index (χ4v) is 3.34. The van der Waals surface area contributed by atoms with E-state index >= 15 is 0 Å². The van der Waals surface area contributed by atoms with Crippen LogP contribution in [0.2, 0.25) is 0 Å². The molecule has 2 N–H and O–H groups in total. The van der Waals surface area contributed by atoms with Crippen LogP contribution in [0.1, 0.15) is 53.2 Å². The van der Waals surface area contributed by atoms with Gasteiger partial charge in [-0.2, -0.15) is 0 Å². The molecule has 0 saturated heterocycles. The molecule has 2 aliphatic carbocycles. The van der Waals surface area contributed by atoms with Gasteiger partial charge in [-0.3, -0.25) is 14.6 Å². The molecule has 2 aliphatic rings. The number of carboxylic acids is 1. The number of hydrogen-bond donors (Lipinski definition) is 2. The van der Waals surface area contributed by atoms with Gasteiger partial charge in [0, 0.05) is 23.0 Å². The molecular weight excluding hydrogens is 304 g/mol. The predicted molar refractivity (Wildman–Crippen MR) is 90.1 cm³/mol. The number of benzene rings is 1. The van der Waals surface area contributed by atoms with E-state index in [-0.39, 0.29) is 17.9 Å². The van der Waals surface area contributed by atoms with E-state index in [9.17, 15) is 9.59 Å². The molecule has 124 valence electrons. The minimum absolute atomic E-state index is 0.0454. The molecular formula is C19H20N2O3. The highest BCUT2D eigenvalue weighted by atomic mass is 16.4. The minimum Gasteiger partial charge on any atom is -0.481 e. The number of nitrogens with one attached hydrogen (secondary N) is 1. The van der Waals surface area contributed by atoms with Crippen molar-refractivity contribution >= 4 is 22.8 Å². The molecule has 5 heteroatoms. The normalized spacial score (nSPS) is 22.9. The average Bonchev–Trinajstić information content (AvgIpc) is 3.33. The molecule has 1 amide bonds. The third kappa shape index (κ3) is 2.75. The van der Waals surface area contributed by atoms with Gasteiger partial charge in [0.2, 0.25) is 0 Å². The van der Waals surface area contributed by atoms with E-state index in [1.54, 1.807) is 0 Å². The van der Waals surface area contributed by atoms with Crippen LogP contribution in [-0.2, 0) is 4.79 Å². The van der Waals surface area contributed by atoms with Crippen LogP contribution in [0, 0.1) is 12.8 Å². The lowest BCUT2D eigenvalue weighted by atomic mass is 9.80. The van der Waals surface area contributed by atoms with E-state index < -0.39 is 5.97 Å². The van der Waals surface area contributed by atoms with Gasteiger partial charge in [0.1, 0.15) is 0 Å². The molecule has 2 aromatic rings. The number of rotatable bonds is 4. The second kappa shape index (κ2) is 5.58. The molecule has 2 saturated carbocycles. The van der Waals surface area contributed by atoms with Crippen LogP contribution >= 0.6 is 0 Å². The first-order valence-corrected chi connectivity index (χ1v) is 8.46. The molecule has 4 rings (SSSR count). The molecule has 5 nitrogen and oxygen atoms in total. The minimum atomic E-state index is -0.776. The Labute approximate surface area is 140 Å². The van der Waals surface area contributed by atoms with Gasteiger partial charge in [-0.25, -0.2) is 0 Å². The van der Waals surface area contributed by atoms with Crippen molar-refractivity contribution in [3.63, 3.8) is 0 Å². The highest BCUT2D eigenvalue weighted by Crippen LogP contribution is 2.40. The number of aliphatic carboxylic acids is 1. The summed E-state index contributed by atoms with van der Waals surface area (Å²) in [6.45, 7) is 2.00. The van der Waals surface area contributed by atoms with Crippen LogP contribution < -0.4 is 5.32 Å². The summed E-state index contributed by atoms with van der Waals surface area (Å²) in [6, 6.07) is 7.85. The topological polar surface area (TPSA) is 79.3 Å². The number of nitrogens with zero attached hydrogens (tertiary/aromatic N) is 1. The quantitative estimate of drug-likeness (QED) is 0.906. The van der Waals surface area contributed by atoms with Crippen molar-refractivity contribution in [2.75, 3.05) is 0 Å². The first-order chi connectivity index (χ1) is 11.5. The fourth-order valence-electron chi connectivity index (χ4n) is 3.34. The lowest BCUT2D eigenvalue weighted by molar-refractivity contribution is -0.145. The van der Waals surface area contributed by atoms with Gasteiger partial charge in [0.05, 0.1) is 17.0 Å². The molecule has 1 heterocycles. The van der Waals surface area contributed by atoms with Gasteiger partial charge >= 0.3 is 5.97 Å². The largest absolute Gasteiger partial charge is 0.481 e. The molecule has 1 aromatic carbocycles. The van der Waals surface area contributed by atoms with Crippen molar-refractivity contribution in [3.05, 3.63) is 41.1 Å². The first-order valence-electron chi connectivity index (χ1n) is 8.46. The molecule has 0 unspecified atom stereocenters. The Morgan fingerprint density at radius 3 is 2.62 bits per heavy atom. The maximum atomic E-state index is 12.8. The number of amides is 1. The van der Waals surface area contributed by atoms with Gasteiger partial charge in [0.25, 0.3) is 5.91 Å². The van der Waals surface area contributed by atoms with Crippen molar-refractivity contribution in [2.45, 2.75) is 44.6 Å². The van der Waals surface area contributed by atoms with Crippen molar-refractivity contribution < 1.29 is 14.7 Å². The van der Waals surface area contributed by atoms with E-state index in [1.165, 1.54) is 0 Å². The number of aromatic nitrogens is 1. The maximum Gasteiger partial charge on any atom is 0.306 e. The van der Waals surface area contributed by atoms with Crippen LogP contribution in [-0.4, -0.2) is 28.0 Å². The second-order valence-corrected chi connectivity index (χ2v) is 7.07. The summed E-state index contributed by atoms with van der Waals surface area (Å²) in [6.07, 6.45) is 3.29. The van der Waals surface area contributed by atoms with Crippen molar-refractivity contribution in [1.82, 2.24) is 10.3 Å². The molecule has 0 bridgehead atoms. The molecule has 0 aliphatic heterocycles. The second-order valence-electron chi connectivity index (χ2n) is 7.07. The van der Waals surface area contributed by atoms with E-state index in [4.69, 9.17) is 10.1 Å². The Balaban J connectivity index is 1.63. The summed E-state index contributed by atoms with van der Waals surface area (Å²) in [5.74, 6) is -0.749. The highest BCUT2D eigenvalue weighted by molar-refractivity contribution is 6.06. The number of hydrogen-bond acceptors (Lipinski definition) is 3. The standard InChI is InChI=1S/C19H20N2O3/c1-10-2-5-16-14(6-10)15(9-17(21-16)11-3-4-11)18(22)20-13-7-12(8-13)19(23)24/h2,5-6,9,11-13H,3-4,7-8H2,1H3,(H,20,22)(H,23,24). The van der Waals surface area contributed by atoms with E-state index in [1.807, 2.05) is 31.2 Å². The number of fused-ring (bicyclic) bond motifs is 1. The fraction of sp³-hybridized carbons (Fsp3) is 0.421. The van der Waals surface area contributed by atoms with Crippen molar-refractivity contribution in [2.24, 2.45) is 5.92 Å². The number of aryl methyl sites for hydroxylation is 1. The molecule has 1 aromatic heterocycles. The Hall–Kier alpha value is -2.43. The third-order valence-corrected chi connectivity index (χ3v) is 5.05. The average molecular weight is 324 g/mol. The zero-order valence-corrected chi connectivity index (χ0v) is 13.6. The molecule has 0 radical (unpaired) electrons. The zero-order chi connectivity index (χ0) is 16.8. The SMILES string of the molecule is Cc1ccc2nc(C3CC3)cc(C(=O)NC3CC(C(=O)O)C3)c2c1. The summed E-state index contributed by atoms with van der Waals surface area (Å²) in [7, 11) is 0. The summed E-state index contributed by atoms with van der Waals surface area (Å²) < 4.78 is 0. The van der Waals surface area contributed by atoms with Gasteiger partial charge < -0.3 is 10.4 Å². The lowest BCUT2D eigenvalue weighted by Gasteiger charge is -2.33. The monoisotopic (exact) mass is 324 g/mol. The Bertz CT molecular complexity index is 836. The number of carbonyl (C=O) groups excluding carboxylic acids is 1. The number of pyridine rings is 1. The summed E-state index contributed by atoms with van der Waals surface area (Å²) >= 11 is 0.